The van der Waals surface area contributed by atoms with Crippen LogP contribution in [-0.2, 0) is 25.5 Å². The summed E-state index contributed by atoms with van der Waals surface area (Å²) >= 11 is 0. The molecular formula is C18H22O4. The van der Waals surface area contributed by atoms with Crippen molar-refractivity contribution in [2.24, 2.45) is 0 Å². The molecule has 4 nitrogen and oxygen atoms in total. The second kappa shape index (κ2) is 7.59. The van der Waals surface area contributed by atoms with Gasteiger partial charge in [-0.3, -0.25) is 0 Å². The van der Waals surface area contributed by atoms with Crippen molar-refractivity contribution in [1.82, 2.24) is 0 Å². The van der Waals surface area contributed by atoms with Crippen LogP contribution in [0.3, 0.4) is 0 Å². The van der Waals surface area contributed by atoms with E-state index in [4.69, 9.17) is 9.47 Å². The normalized spacial score (nSPS) is 10.2. The van der Waals surface area contributed by atoms with Crippen molar-refractivity contribution in [1.29, 1.82) is 0 Å². The van der Waals surface area contributed by atoms with Gasteiger partial charge in [0.25, 0.3) is 6.29 Å². The number of benzene rings is 1. The first-order chi connectivity index (χ1) is 10.2. The SMILES string of the molecule is C=C(C)C(=O)OC(Cc1cc(C)ccc1C)OC(=O)C(=C)C. The molecular weight excluding hydrogens is 280 g/mol. The van der Waals surface area contributed by atoms with E-state index in [0.717, 1.165) is 16.7 Å². The van der Waals surface area contributed by atoms with Crippen LogP contribution in [0.15, 0.2) is 42.5 Å². The molecule has 0 heterocycles. The zero-order valence-electron chi connectivity index (χ0n) is 13.6. The highest BCUT2D eigenvalue weighted by molar-refractivity contribution is 5.88. The fourth-order valence-electron chi connectivity index (χ4n) is 1.75. The maximum atomic E-state index is 11.7. The summed E-state index contributed by atoms with van der Waals surface area (Å²) in [5, 5.41) is 0. The first-order valence-electron chi connectivity index (χ1n) is 6.99. The van der Waals surface area contributed by atoms with E-state index >= 15 is 0 Å². The van der Waals surface area contributed by atoms with Crippen molar-refractivity contribution in [3.8, 4) is 0 Å². The number of esters is 2. The van der Waals surface area contributed by atoms with E-state index < -0.39 is 18.2 Å². The molecule has 0 saturated carbocycles. The summed E-state index contributed by atoms with van der Waals surface area (Å²) in [4.78, 5) is 23.4. The van der Waals surface area contributed by atoms with Crippen LogP contribution < -0.4 is 0 Å². The van der Waals surface area contributed by atoms with E-state index in [1.165, 1.54) is 13.8 Å². The van der Waals surface area contributed by atoms with Gasteiger partial charge in [0, 0.05) is 17.6 Å². The van der Waals surface area contributed by atoms with Crippen LogP contribution in [-0.4, -0.2) is 18.2 Å². The molecule has 0 unspecified atom stereocenters. The summed E-state index contributed by atoms with van der Waals surface area (Å²) in [7, 11) is 0. The Bertz CT molecular complexity index is 586. The van der Waals surface area contributed by atoms with Crippen LogP contribution >= 0.6 is 0 Å². The summed E-state index contributed by atoms with van der Waals surface area (Å²) in [6, 6.07) is 5.95. The largest absolute Gasteiger partial charge is 0.421 e. The number of carbonyl (C=O) groups excluding carboxylic acids is 2. The average Bonchev–Trinajstić information content (AvgIpc) is 2.42. The van der Waals surface area contributed by atoms with Crippen LogP contribution in [0.5, 0.6) is 0 Å². The molecule has 0 fully saturated rings. The molecule has 0 saturated heterocycles. The Labute approximate surface area is 131 Å². The second-order valence-electron chi connectivity index (χ2n) is 5.43. The van der Waals surface area contributed by atoms with E-state index in [1.54, 1.807) is 0 Å². The molecule has 0 amide bonds. The standard InChI is InChI=1S/C18H22O4/c1-11(2)17(19)21-16(22-18(20)12(3)4)10-15-9-13(5)7-8-14(15)6/h7-9,16H,1,3,10H2,2,4-6H3. The van der Waals surface area contributed by atoms with Crippen molar-refractivity contribution in [3.05, 3.63) is 59.2 Å². The minimum Gasteiger partial charge on any atom is -0.421 e. The topological polar surface area (TPSA) is 52.6 Å². The fraction of sp³-hybridized carbons (Fsp3) is 0.333. The second-order valence-corrected chi connectivity index (χ2v) is 5.43. The van der Waals surface area contributed by atoms with Gasteiger partial charge < -0.3 is 9.47 Å². The van der Waals surface area contributed by atoms with Gasteiger partial charge in [0.15, 0.2) is 0 Å². The predicted octanol–water partition coefficient (Wildman–Crippen LogP) is 3.41. The third kappa shape index (κ3) is 5.20. The van der Waals surface area contributed by atoms with Crippen molar-refractivity contribution in [3.63, 3.8) is 0 Å². The summed E-state index contributed by atoms with van der Waals surface area (Å²) in [6.07, 6.45) is -0.722. The van der Waals surface area contributed by atoms with E-state index in [9.17, 15) is 9.59 Å². The van der Waals surface area contributed by atoms with E-state index in [1.807, 2.05) is 32.0 Å². The molecule has 1 aromatic carbocycles. The smallest absolute Gasteiger partial charge is 0.336 e. The number of aryl methyl sites for hydroxylation is 2. The van der Waals surface area contributed by atoms with Gasteiger partial charge in [0.2, 0.25) is 0 Å². The van der Waals surface area contributed by atoms with Crippen LogP contribution in [0.25, 0.3) is 0 Å². The summed E-state index contributed by atoms with van der Waals surface area (Å²) in [5.74, 6) is -1.19. The van der Waals surface area contributed by atoms with Gasteiger partial charge in [0.1, 0.15) is 0 Å². The highest BCUT2D eigenvalue weighted by Crippen LogP contribution is 2.16. The third-order valence-corrected chi connectivity index (χ3v) is 3.07. The molecule has 22 heavy (non-hydrogen) atoms. The van der Waals surface area contributed by atoms with Crippen LogP contribution in [0.2, 0.25) is 0 Å². The Morgan fingerprint density at radius 3 is 2.00 bits per heavy atom. The number of carbonyl (C=O) groups is 2. The van der Waals surface area contributed by atoms with Gasteiger partial charge in [0.05, 0.1) is 0 Å². The molecule has 1 rings (SSSR count). The maximum Gasteiger partial charge on any atom is 0.336 e. The van der Waals surface area contributed by atoms with Gasteiger partial charge >= 0.3 is 11.9 Å². The first kappa shape index (κ1) is 17.7. The number of hydrogen-bond donors (Lipinski definition) is 0. The minimum atomic E-state index is -1.01. The van der Waals surface area contributed by atoms with Crippen LogP contribution in [0.1, 0.15) is 30.5 Å². The van der Waals surface area contributed by atoms with Gasteiger partial charge in [-0.25, -0.2) is 9.59 Å². The molecule has 0 aliphatic rings. The summed E-state index contributed by atoms with van der Waals surface area (Å²) in [5.41, 5.74) is 3.56. The van der Waals surface area contributed by atoms with Crippen molar-refractivity contribution >= 4 is 11.9 Å². The highest BCUT2D eigenvalue weighted by atomic mass is 16.7. The van der Waals surface area contributed by atoms with Crippen LogP contribution in [0.4, 0.5) is 0 Å². The molecule has 0 bridgehead atoms. The number of hydrogen-bond acceptors (Lipinski definition) is 4. The zero-order valence-corrected chi connectivity index (χ0v) is 13.6. The van der Waals surface area contributed by atoms with Crippen molar-refractivity contribution in [2.75, 3.05) is 0 Å². The Kier molecular flexibility index (Phi) is 6.11. The monoisotopic (exact) mass is 302 g/mol. The Morgan fingerprint density at radius 2 is 1.55 bits per heavy atom. The minimum absolute atomic E-state index is 0.248. The lowest BCUT2D eigenvalue weighted by molar-refractivity contribution is -0.181. The summed E-state index contributed by atoms with van der Waals surface area (Å²) in [6.45, 7) is 14.1. The first-order valence-corrected chi connectivity index (χ1v) is 6.99. The third-order valence-electron chi connectivity index (χ3n) is 3.07. The van der Waals surface area contributed by atoms with Gasteiger partial charge in [-0.15, -0.1) is 0 Å². The quantitative estimate of drug-likeness (QED) is 0.459. The molecule has 0 radical (unpaired) electrons. The Balaban J connectivity index is 2.96. The van der Waals surface area contributed by atoms with Crippen LogP contribution in [0, 0.1) is 13.8 Å². The molecule has 0 N–H and O–H groups in total. The predicted molar refractivity (Wildman–Crippen MR) is 85.2 cm³/mol. The molecule has 4 heteroatoms. The molecule has 118 valence electrons. The Morgan fingerprint density at radius 1 is 1.05 bits per heavy atom. The molecule has 1 aromatic rings. The molecule has 0 aromatic heterocycles. The molecule has 0 aliphatic carbocycles. The summed E-state index contributed by atoms with van der Waals surface area (Å²) < 4.78 is 10.4. The van der Waals surface area contributed by atoms with E-state index in [2.05, 4.69) is 13.2 Å². The highest BCUT2D eigenvalue weighted by Gasteiger charge is 2.21. The van der Waals surface area contributed by atoms with Gasteiger partial charge in [-0.05, 0) is 38.8 Å². The van der Waals surface area contributed by atoms with Crippen molar-refractivity contribution < 1.29 is 19.1 Å². The number of rotatable bonds is 6. The Hall–Kier alpha value is -2.36. The molecule has 0 aliphatic heterocycles. The lowest BCUT2D eigenvalue weighted by Gasteiger charge is -2.19. The molecule has 0 atom stereocenters. The fourth-order valence-corrected chi connectivity index (χ4v) is 1.75. The zero-order chi connectivity index (χ0) is 16.9. The lowest BCUT2D eigenvalue weighted by Crippen LogP contribution is -2.27. The lowest BCUT2D eigenvalue weighted by atomic mass is 10.0. The average molecular weight is 302 g/mol. The van der Waals surface area contributed by atoms with Gasteiger partial charge in [-0.1, -0.05) is 36.9 Å². The number of ether oxygens (including phenoxy) is 2. The van der Waals surface area contributed by atoms with E-state index in [0.29, 0.717) is 0 Å². The van der Waals surface area contributed by atoms with E-state index in [-0.39, 0.29) is 17.6 Å². The maximum absolute atomic E-state index is 11.7. The van der Waals surface area contributed by atoms with Gasteiger partial charge in [-0.2, -0.15) is 0 Å². The van der Waals surface area contributed by atoms with Crippen molar-refractivity contribution in [2.45, 2.75) is 40.4 Å². The molecule has 0 spiro atoms.